The number of nitrogens with zero attached hydrogens (tertiary/aromatic N) is 3. The van der Waals surface area contributed by atoms with Gasteiger partial charge >= 0.3 is 0 Å². The molecule has 0 saturated carbocycles. The molecule has 6 heteroatoms. The zero-order chi connectivity index (χ0) is 13.9. The molecule has 3 rings (SSSR count). The summed E-state index contributed by atoms with van der Waals surface area (Å²) in [4.78, 5) is 9.07. The van der Waals surface area contributed by atoms with E-state index in [4.69, 9.17) is 5.11 Å². The Morgan fingerprint density at radius 3 is 2.55 bits per heavy atom. The van der Waals surface area contributed by atoms with Crippen molar-refractivity contribution in [2.45, 2.75) is 6.61 Å². The summed E-state index contributed by atoms with van der Waals surface area (Å²) in [5.74, 6) is 0. The first-order chi connectivity index (χ1) is 9.78. The van der Waals surface area contributed by atoms with E-state index in [2.05, 4.69) is 36.8 Å². The molecule has 0 unspecified atom stereocenters. The van der Waals surface area contributed by atoms with Crippen molar-refractivity contribution >= 4 is 38.1 Å². The molecule has 4 nitrogen and oxygen atoms in total. The van der Waals surface area contributed by atoms with Crippen LogP contribution in [-0.4, -0.2) is 36.3 Å². The average Bonchev–Trinajstić information content (AvgIpc) is 3.01. The second-order valence-corrected chi connectivity index (χ2v) is 6.46. The average molecular weight is 354 g/mol. The summed E-state index contributed by atoms with van der Waals surface area (Å²) < 4.78 is 1.05. The van der Waals surface area contributed by atoms with Crippen LogP contribution in [0.5, 0.6) is 0 Å². The Bertz CT molecular complexity index is 568. The number of anilines is 2. The summed E-state index contributed by atoms with van der Waals surface area (Å²) in [7, 11) is 0. The minimum absolute atomic E-state index is 0.0801. The normalized spacial score (nSPS) is 15.7. The number of aromatic nitrogens is 1. The van der Waals surface area contributed by atoms with E-state index in [-0.39, 0.29) is 6.61 Å². The van der Waals surface area contributed by atoms with Crippen LogP contribution in [0.1, 0.15) is 5.56 Å². The molecule has 0 spiro atoms. The molecule has 1 aromatic carbocycles. The van der Waals surface area contributed by atoms with E-state index in [0.29, 0.717) is 0 Å². The maximum absolute atomic E-state index is 9.16. The summed E-state index contributed by atoms with van der Waals surface area (Å²) in [6.45, 7) is 4.02. The molecule has 1 aliphatic heterocycles. The molecule has 0 bridgehead atoms. The van der Waals surface area contributed by atoms with Gasteiger partial charge in [0.25, 0.3) is 0 Å². The van der Waals surface area contributed by atoms with Crippen LogP contribution in [0.3, 0.4) is 0 Å². The topological polar surface area (TPSA) is 39.6 Å². The molecule has 0 atom stereocenters. The summed E-state index contributed by atoms with van der Waals surface area (Å²) in [6, 6.07) is 6.05. The van der Waals surface area contributed by atoms with Gasteiger partial charge in [-0.25, -0.2) is 4.98 Å². The van der Waals surface area contributed by atoms with Crippen molar-refractivity contribution in [1.29, 1.82) is 0 Å². The molecule has 1 fully saturated rings. The third kappa shape index (κ3) is 2.82. The number of benzene rings is 1. The molecule has 0 aliphatic carbocycles. The van der Waals surface area contributed by atoms with Crippen molar-refractivity contribution < 1.29 is 5.11 Å². The van der Waals surface area contributed by atoms with Crippen molar-refractivity contribution in [3.05, 3.63) is 39.8 Å². The number of aliphatic hydroxyl groups excluding tert-OH is 1. The maximum atomic E-state index is 9.16. The quantitative estimate of drug-likeness (QED) is 0.920. The van der Waals surface area contributed by atoms with Gasteiger partial charge in [-0.15, -0.1) is 11.3 Å². The zero-order valence-corrected chi connectivity index (χ0v) is 13.4. The minimum Gasteiger partial charge on any atom is -0.392 e. The van der Waals surface area contributed by atoms with E-state index >= 15 is 0 Å². The van der Waals surface area contributed by atoms with Crippen LogP contribution in [-0.2, 0) is 6.61 Å². The lowest BCUT2D eigenvalue weighted by atomic mass is 10.2. The van der Waals surface area contributed by atoms with Crippen LogP contribution >= 0.6 is 27.3 Å². The number of hydrogen-bond acceptors (Lipinski definition) is 5. The van der Waals surface area contributed by atoms with Gasteiger partial charge in [0.1, 0.15) is 0 Å². The highest BCUT2D eigenvalue weighted by Crippen LogP contribution is 2.29. The fraction of sp³-hybridized carbons (Fsp3) is 0.357. The van der Waals surface area contributed by atoms with Crippen molar-refractivity contribution in [2.75, 3.05) is 36.0 Å². The number of rotatable bonds is 3. The van der Waals surface area contributed by atoms with E-state index in [1.807, 2.05) is 23.7 Å². The zero-order valence-electron chi connectivity index (χ0n) is 11.0. The Morgan fingerprint density at radius 1 is 1.20 bits per heavy atom. The lowest BCUT2D eigenvalue weighted by Crippen LogP contribution is -2.46. The smallest absolute Gasteiger partial charge is 0.185 e. The molecule has 0 amide bonds. The highest BCUT2D eigenvalue weighted by atomic mass is 79.9. The molecule has 2 aromatic rings. The third-order valence-corrected chi connectivity index (χ3v) is 4.97. The molecule has 2 heterocycles. The lowest BCUT2D eigenvalue weighted by molar-refractivity contribution is 0.282. The molecule has 1 aliphatic rings. The van der Waals surface area contributed by atoms with Crippen molar-refractivity contribution in [3.8, 4) is 0 Å². The largest absolute Gasteiger partial charge is 0.392 e. The van der Waals surface area contributed by atoms with Gasteiger partial charge in [-0.2, -0.15) is 0 Å². The van der Waals surface area contributed by atoms with Gasteiger partial charge < -0.3 is 14.9 Å². The number of aliphatic hydroxyl groups is 1. The van der Waals surface area contributed by atoms with E-state index in [9.17, 15) is 0 Å². The van der Waals surface area contributed by atoms with Gasteiger partial charge in [0, 0.05) is 42.2 Å². The fourth-order valence-corrected chi connectivity index (χ4v) is 3.79. The predicted molar refractivity (Wildman–Crippen MR) is 86.6 cm³/mol. The predicted octanol–water partition coefficient (Wildman–Crippen LogP) is 2.72. The first-order valence-electron chi connectivity index (χ1n) is 6.56. The summed E-state index contributed by atoms with van der Waals surface area (Å²) in [6.07, 6.45) is 1.86. The Hall–Kier alpha value is -1.11. The van der Waals surface area contributed by atoms with Gasteiger partial charge in [0.15, 0.2) is 5.13 Å². The van der Waals surface area contributed by atoms with Gasteiger partial charge in [-0.05, 0) is 33.6 Å². The number of piperazine rings is 1. The fourth-order valence-electron chi connectivity index (χ4n) is 2.42. The van der Waals surface area contributed by atoms with Crippen molar-refractivity contribution in [2.24, 2.45) is 0 Å². The first-order valence-corrected chi connectivity index (χ1v) is 8.24. The minimum atomic E-state index is 0.0801. The molecule has 20 heavy (non-hydrogen) atoms. The van der Waals surface area contributed by atoms with Gasteiger partial charge in [0.05, 0.1) is 12.3 Å². The highest BCUT2D eigenvalue weighted by Gasteiger charge is 2.20. The summed E-state index contributed by atoms with van der Waals surface area (Å²) in [5, 5.41) is 12.3. The van der Waals surface area contributed by atoms with Crippen LogP contribution in [0.15, 0.2) is 34.2 Å². The SMILES string of the molecule is OCc1ccc(N2CCN(c3nccs3)CC2)c(Br)c1. The molecular formula is C14H16BrN3OS. The van der Waals surface area contributed by atoms with Crippen molar-refractivity contribution in [1.82, 2.24) is 4.98 Å². The van der Waals surface area contributed by atoms with Crippen LogP contribution in [0.2, 0.25) is 0 Å². The van der Waals surface area contributed by atoms with Crippen LogP contribution in [0.4, 0.5) is 10.8 Å². The Balaban J connectivity index is 1.69. The number of halogens is 1. The van der Waals surface area contributed by atoms with Gasteiger partial charge in [-0.1, -0.05) is 6.07 Å². The standard InChI is InChI=1S/C14H16BrN3OS/c15-12-9-11(10-19)1-2-13(12)17-4-6-18(7-5-17)14-16-3-8-20-14/h1-3,8-9,19H,4-7,10H2. The van der Waals surface area contributed by atoms with E-state index in [1.54, 1.807) is 11.3 Å². The van der Waals surface area contributed by atoms with E-state index in [1.165, 1.54) is 5.69 Å². The first kappa shape index (κ1) is 13.9. The van der Waals surface area contributed by atoms with E-state index < -0.39 is 0 Å². The number of thiazole rings is 1. The molecule has 0 radical (unpaired) electrons. The van der Waals surface area contributed by atoms with Gasteiger partial charge in [0.2, 0.25) is 0 Å². The van der Waals surface area contributed by atoms with E-state index in [0.717, 1.165) is 41.3 Å². The monoisotopic (exact) mass is 353 g/mol. The highest BCUT2D eigenvalue weighted by molar-refractivity contribution is 9.10. The Labute approximate surface area is 130 Å². The maximum Gasteiger partial charge on any atom is 0.185 e. The second-order valence-electron chi connectivity index (χ2n) is 4.73. The molecule has 106 valence electrons. The van der Waals surface area contributed by atoms with Crippen LogP contribution < -0.4 is 9.80 Å². The lowest BCUT2D eigenvalue weighted by Gasteiger charge is -2.36. The summed E-state index contributed by atoms with van der Waals surface area (Å²) in [5.41, 5.74) is 2.13. The molecule has 1 saturated heterocycles. The van der Waals surface area contributed by atoms with Crippen LogP contribution in [0, 0.1) is 0 Å². The van der Waals surface area contributed by atoms with Crippen molar-refractivity contribution in [3.63, 3.8) is 0 Å². The second kappa shape index (κ2) is 6.11. The van der Waals surface area contributed by atoms with Gasteiger partial charge in [-0.3, -0.25) is 0 Å². The molecule has 1 N–H and O–H groups in total. The Kier molecular flexibility index (Phi) is 4.24. The Morgan fingerprint density at radius 2 is 1.95 bits per heavy atom. The summed E-state index contributed by atoms with van der Waals surface area (Å²) >= 11 is 5.29. The third-order valence-electron chi connectivity index (χ3n) is 3.50. The van der Waals surface area contributed by atoms with Crippen LogP contribution in [0.25, 0.3) is 0 Å². The number of hydrogen-bond donors (Lipinski definition) is 1. The molecule has 1 aromatic heterocycles. The molecular weight excluding hydrogens is 338 g/mol.